The van der Waals surface area contributed by atoms with Gasteiger partial charge >= 0.3 is 0 Å². The number of carbonyl (C=O) groups is 1. The molecule has 0 unspecified atom stereocenters. The molecule has 0 radical (unpaired) electrons. The maximum Gasteiger partial charge on any atom is 0.257 e. The number of rotatable bonds is 8. The third-order valence-corrected chi connectivity index (χ3v) is 6.49. The van der Waals surface area contributed by atoms with Crippen molar-refractivity contribution in [2.45, 2.75) is 44.0 Å². The van der Waals surface area contributed by atoms with E-state index in [1.165, 1.54) is 17.3 Å². The van der Waals surface area contributed by atoms with Crippen molar-refractivity contribution >= 4 is 23.5 Å². The molecule has 2 N–H and O–H groups in total. The molecular weight excluding hydrogens is 450 g/mol. The Morgan fingerprint density at radius 3 is 2.71 bits per heavy atom. The number of methoxy groups -OCH3 is 1. The highest BCUT2D eigenvalue weighted by atomic mass is 32.2. The van der Waals surface area contributed by atoms with Crippen LogP contribution in [0.25, 0.3) is 0 Å². The fourth-order valence-corrected chi connectivity index (χ4v) is 4.74. The van der Waals surface area contributed by atoms with Crippen molar-refractivity contribution in [3.05, 3.63) is 75.1 Å². The Morgan fingerprint density at radius 2 is 1.97 bits per heavy atom. The Bertz CT molecular complexity index is 1260. The maximum absolute atomic E-state index is 13.1. The first-order chi connectivity index (χ1) is 16.3. The maximum atomic E-state index is 13.1. The number of H-pyrrole nitrogens is 1. The van der Waals surface area contributed by atoms with E-state index in [-0.39, 0.29) is 17.9 Å². The zero-order valence-electron chi connectivity index (χ0n) is 19.8. The van der Waals surface area contributed by atoms with Gasteiger partial charge in [0.2, 0.25) is 5.91 Å². The van der Waals surface area contributed by atoms with Gasteiger partial charge in [0.05, 0.1) is 19.3 Å². The summed E-state index contributed by atoms with van der Waals surface area (Å²) in [5.41, 5.74) is 3.32. The van der Waals surface area contributed by atoms with E-state index in [2.05, 4.69) is 35.2 Å². The van der Waals surface area contributed by atoms with Crippen molar-refractivity contribution in [2.75, 3.05) is 19.0 Å². The Morgan fingerprint density at radius 1 is 1.15 bits per heavy atom. The van der Waals surface area contributed by atoms with Gasteiger partial charge in [-0.3, -0.25) is 9.59 Å². The van der Waals surface area contributed by atoms with Crippen LogP contribution in [-0.4, -0.2) is 29.6 Å². The van der Waals surface area contributed by atoms with E-state index in [1.54, 1.807) is 7.11 Å². The molecule has 0 aliphatic carbocycles. The van der Waals surface area contributed by atoms with Crippen LogP contribution in [0.3, 0.4) is 0 Å². The number of ether oxygens (including phenoxy) is 2. The molecule has 1 aromatic heterocycles. The second-order valence-electron chi connectivity index (χ2n) is 8.83. The van der Waals surface area contributed by atoms with E-state index >= 15 is 0 Å². The van der Waals surface area contributed by atoms with Crippen molar-refractivity contribution in [2.24, 2.45) is 5.92 Å². The van der Waals surface area contributed by atoms with Gasteiger partial charge in [-0.25, -0.2) is 4.98 Å². The van der Waals surface area contributed by atoms with Crippen LogP contribution in [0.4, 0.5) is 5.82 Å². The monoisotopic (exact) mass is 479 g/mol. The molecule has 2 heterocycles. The van der Waals surface area contributed by atoms with E-state index in [9.17, 15) is 9.59 Å². The summed E-state index contributed by atoms with van der Waals surface area (Å²) < 4.78 is 11.4. The standard InChI is InChI=1S/C26H29N3O4S/c1-15(2)13-33-20-9-8-18(11-21(20)32-4)19-12-22(30)27-24-23(19)25(31)29-26(28-24)34-14-17-7-5-6-16(3)10-17/h5-11,15,19H,12-14H2,1-4H3,(H2,27,28,29,30,31)/t19-/m1/s1. The van der Waals surface area contributed by atoms with Crippen LogP contribution < -0.4 is 20.3 Å². The molecule has 1 aliphatic heterocycles. The highest BCUT2D eigenvalue weighted by molar-refractivity contribution is 7.98. The van der Waals surface area contributed by atoms with Gasteiger partial charge in [0.25, 0.3) is 5.56 Å². The fourth-order valence-electron chi connectivity index (χ4n) is 3.93. The zero-order chi connectivity index (χ0) is 24.2. The lowest BCUT2D eigenvalue weighted by Gasteiger charge is -2.25. The number of thioether (sulfide) groups is 1. The summed E-state index contributed by atoms with van der Waals surface area (Å²) in [4.78, 5) is 33.1. The molecule has 0 saturated carbocycles. The lowest BCUT2D eigenvalue weighted by atomic mass is 9.86. The van der Waals surface area contributed by atoms with Crippen LogP contribution in [0.2, 0.25) is 0 Å². The van der Waals surface area contributed by atoms with E-state index < -0.39 is 5.92 Å². The number of hydrogen-bond donors (Lipinski definition) is 2. The van der Waals surface area contributed by atoms with Crippen LogP contribution in [-0.2, 0) is 10.5 Å². The minimum atomic E-state index is -0.427. The minimum Gasteiger partial charge on any atom is -0.493 e. The van der Waals surface area contributed by atoms with Gasteiger partial charge in [-0.2, -0.15) is 0 Å². The molecule has 7 nitrogen and oxygen atoms in total. The zero-order valence-corrected chi connectivity index (χ0v) is 20.6. The molecule has 2 aromatic carbocycles. The molecule has 0 bridgehead atoms. The predicted octanol–water partition coefficient (Wildman–Crippen LogP) is 4.89. The van der Waals surface area contributed by atoms with Gasteiger partial charge in [0.1, 0.15) is 5.82 Å². The first-order valence-corrected chi connectivity index (χ1v) is 12.3. The van der Waals surface area contributed by atoms with Crippen LogP contribution in [0, 0.1) is 12.8 Å². The number of amides is 1. The number of fused-ring (bicyclic) bond motifs is 1. The second kappa shape index (κ2) is 10.3. The van der Waals surface area contributed by atoms with Gasteiger partial charge in [0, 0.05) is 18.1 Å². The molecular formula is C26H29N3O4S. The quantitative estimate of drug-likeness (QED) is 0.353. The van der Waals surface area contributed by atoms with E-state index in [0.717, 1.165) is 11.1 Å². The van der Waals surface area contributed by atoms with E-state index in [0.29, 0.717) is 46.3 Å². The molecule has 8 heteroatoms. The number of aryl methyl sites for hydroxylation is 1. The molecule has 34 heavy (non-hydrogen) atoms. The Labute approximate surface area is 203 Å². The average molecular weight is 480 g/mol. The first-order valence-electron chi connectivity index (χ1n) is 11.3. The van der Waals surface area contributed by atoms with Gasteiger partial charge in [-0.15, -0.1) is 0 Å². The number of nitrogens with zero attached hydrogens (tertiary/aromatic N) is 1. The summed E-state index contributed by atoms with van der Waals surface area (Å²) in [6, 6.07) is 13.7. The summed E-state index contributed by atoms with van der Waals surface area (Å²) >= 11 is 1.43. The fraction of sp³-hybridized carbons (Fsp3) is 0.346. The largest absolute Gasteiger partial charge is 0.493 e. The van der Waals surface area contributed by atoms with Crippen molar-refractivity contribution in [1.29, 1.82) is 0 Å². The highest BCUT2D eigenvalue weighted by Crippen LogP contribution is 2.38. The highest BCUT2D eigenvalue weighted by Gasteiger charge is 2.31. The van der Waals surface area contributed by atoms with Gasteiger partial charge < -0.3 is 19.8 Å². The SMILES string of the molecule is COc1cc([C@H]2CC(=O)Nc3nc(SCc4cccc(C)c4)[nH]c(=O)c32)ccc1OCC(C)C. The van der Waals surface area contributed by atoms with Crippen LogP contribution in [0.5, 0.6) is 11.5 Å². The van der Waals surface area contributed by atoms with Gasteiger partial charge in [-0.1, -0.05) is 61.5 Å². The summed E-state index contributed by atoms with van der Waals surface area (Å²) in [5, 5.41) is 3.25. The van der Waals surface area contributed by atoms with E-state index in [1.807, 2.05) is 43.3 Å². The number of aromatic nitrogens is 2. The van der Waals surface area contributed by atoms with Crippen molar-refractivity contribution in [1.82, 2.24) is 9.97 Å². The summed E-state index contributed by atoms with van der Waals surface area (Å²) in [5.74, 6) is 1.95. The van der Waals surface area contributed by atoms with Crippen molar-refractivity contribution < 1.29 is 14.3 Å². The average Bonchev–Trinajstić information content (AvgIpc) is 2.80. The number of benzene rings is 2. The molecule has 1 amide bonds. The van der Waals surface area contributed by atoms with Gasteiger partial charge in [0.15, 0.2) is 16.7 Å². The lowest BCUT2D eigenvalue weighted by Crippen LogP contribution is -2.31. The minimum absolute atomic E-state index is 0.156. The third kappa shape index (κ3) is 5.44. The molecule has 1 aliphatic rings. The molecule has 0 fully saturated rings. The van der Waals surface area contributed by atoms with Crippen LogP contribution in [0.1, 0.15) is 48.4 Å². The van der Waals surface area contributed by atoms with Gasteiger partial charge in [-0.05, 0) is 36.1 Å². The normalized spacial score (nSPS) is 15.1. The number of nitrogens with one attached hydrogen (secondary N) is 2. The molecule has 3 aromatic rings. The topological polar surface area (TPSA) is 93.3 Å². The van der Waals surface area contributed by atoms with Crippen molar-refractivity contribution in [3.8, 4) is 11.5 Å². The lowest BCUT2D eigenvalue weighted by molar-refractivity contribution is -0.116. The van der Waals surface area contributed by atoms with Crippen LogP contribution >= 0.6 is 11.8 Å². The second-order valence-corrected chi connectivity index (χ2v) is 9.80. The van der Waals surface area contributed by atoms with E-state index in [4.69, 9.17) is 9.47 Å². The third-order valence-electron chi connectivity index (χ3n) is 5.55. The number of aromatic amines is 1. The Kier molecular flexibility index (Phi) is 7.26. The smallest absolute Gasteiger partial charge is 0.257 e. The molecule has 0 saturated heterocycles. The number of hydrogen-bond acceptors (Lipinski definition) is 6. The first kappa shape index (κ1) is 23.9. The Balaban J connectivity index is 1.62. The summed E-state index contributed by atoms with van der Waals surface area (Å²) in [6.45, 7) is 6.76. The molecule has 1 atom stereocenters. The summed E-state index contributed by atoms with van der Waals surface area (Å²) in [6.07, 6.45) is 0.156. The Hall–Kier alpha value is -3.26. The number of carbonyl (C=O) groups excluding carboxylic acids is 1. The summed E-state index contributed by atoms with van der Waals surface area (Å²) in [7, 11) is 1.58. The van der Waals surface area contributed by atoms with Crippen LogP contribution in [0.15, 0.2) is 52.4 Å². The predicted molar refractivity (Wildman–Crippen MR) is 134 cm³/mol. The number of anilines is 1. The molecule has 0 spiro atoms. The molecule has 4 rings (SSSR count). The van der Waals surface area contributed by atoms with Crippen molar-refractivity contribution in [3.63, 3.8) is 0 Å². The molecule has 178 valence electrons.